The van der Waals surface area contributed by atoms with E-state index >= 15 is 8.78 Å². The molecule has 1 unspecified atom stereocenters. The quantitative estimate of drug-likeness (QED) is 0.676. The van der Waals surface area contributed by atoms with Gasteiger partial charge in [-0.1, -0.05) is 12.1 Å². The van der Waals surface area contributed by atoms with Gasteiger partial charge in [-0.3, -0.25) is 4.98 Å². The summed E-state index contributed by atoms with van der Waals surface area (Å²) in [4.78, 5) is 3.65. The van der Waals surface area contributed by atoms with Gasteiger partial charge in [-0.05, 0) is 36.4 Å². The fourth-order valence-electron chi connectivity index (χ4n) is 2.97. The third-order valence-electron chi connectivity index (χ3n) is 4.70. The minimum Gasteiger partial charge on any atom is -0.456 e. The molecule has 1 atom stereocenters. The molecule has 1 aromatic carbocycles. The SMILES string of the molecule is N#CC1=CC=C(Oc2ccc(C(F)(F)C(O)(CN)c3ccc(F)cc3F)nc2)C=CC1. The van der Waals surface area contributed by atoms with Gasteiger partial charge in [0.25, 0.3) is 0 Å². The Kier molecular flexibility index (Phi) is 6.24. The van der Waals surface area contributed by atoms with Gasteiger partial charge in [0.15, 0.2) is 5.60 Å². The number of ether oxygens (including phenoxy) is 1. The number of nitrogens with two attached hydrogens (primary N) is 1. The number of hydrogen-bond donors (Lipinski definition) is 2. The molecular weight excluding hydrogens is 414 g/mol. The number of alkyl halides is 2. The molecular formula is C22H17F4N3O2. The molecule has 0 bridgehead atoms. The van der Waals surface area contributed by atoms with Crippen molar-refractivity contribution in [3.8, 4) is 11.8 Å². The fraction of sp³-hybridized carbons (Fsp3) is 0.182. The highest BCUT2D eigenvalue weighted by Gasteiger charge is 2.56. The number of halogens is 4. The molecule has 3 rings (SSSR count). The van der Waals surface area contributed by atoms with E-state index in [0.717, 1.165) is 24.4 Å². The molecule has 0 aliphatic heterocycles. The van der Waals surface area contributed by atoms with Gasteiger partial charge in [0.05, 0.1) is 12.3 Å². The van der Waals surface area contributed by atoms with E-state index in [1.165, 1.54) is 6.07 Å². The zero-order valence-corrected chi connectivity index (χ0v) is 16.0. The monoisotopic (exact) mass is 431 g/mol. The van der Waals surface area contributed by atoms with Crippen molar-refractivity contribution < 1.29 is 27.4 Å². The lowest BCUT2D eigenvalue weighted by Gasteiger charge is -2.35. The van der Waals surface area contributed by atoms with Crippen LogP contribution in [-0.4, -0.2) is 16.6 Å². The van der Waals surface area contributed by atoms with Gasteiger partial charge in [-0.15, -0.1) is 0 Å². The Morgan fingerprint density at radius 1 is 1.19 bits per heavy atom. The van der Waals surface area contributed by atoms with Crippen LogP contribution in [0.2, 0.25) is 0 Å². The molecule has 3 N–H and O–H groups in total. The Morgan fingerprint density at radius 2 is 1.97 bits per heavy atom. The van der Waals surface area contributed by atoms with E-state index in [4.69, 9.17) is 15.7 Å². The molecule has 2 aromatic rings. The van der Waals surface area contributed by atoms with Crippen LogP contribution in [-0.2, 0) is 11.5 Å². The molecule has 0 saturated heterocycles. The average molecular weight is 431 g/mol. The minimum absolute atomic E-state index is 0.119. The molecule has 31 heavy (non-hydrogen) atoms. The van der Waals surface area contributed by atoms with Crippen LogP contribution in [0.3, 0.4) is 0 Å². The van der Waals surface area contributed by atoms with Crippen molar-refractivity contribution in [1.29, 1.82) is 5.26 Å². The molecule has 5 nitrogen and oxygen atoms in total. The Balaban J connectivity index is 1.89. The summed E-state index contributed by atoms with van der Waals surface area (Å²) in [5, 5.41) is 19.5. The van der Waals surface area contributed by atoms with Crippen LogP contribution >= 0.6 is 0 Å². The molecule has 0 radical (unpaired) electrons. The molecule has 0 fully saturated rings. The minimum atomic E-state index is -4.11. The van der Waals surface area contributed by atoms with Crippen molar-refractivity contribution in [3.05, 3.63) is 95.1 Å². The third kappa shape index (κ3) is 4.35. The van der Waals surface area contributed by atoms with Gasteiger partial charge in [0.1, 0.15) is 28.8 Å². The third-order valence-corrected chi connectivity index (χ3v) is 4.70. The summed E-state index contributed by atoms with van der Waals surface area (Å²) in [7, 11) is 0. The number of nitriles is 1. The fourth-order valence-corrected chi connectivity index (χ4v) is 2.97. The van der Waals surface area contributed by atoms with Crippen LogP contribution in [0.5, 0.6) is 5.75 Å². The van der Waals surface area contributed by atoms with Crippen LogP contribution in [0, 0.1) is 23.0 Å². The summed E-state index contributed by atoms with van der Waals surface area (Å²) >= 11 is 0. The molecule has 1 aromatic heterocycles. The number of aromatic nitrogens is 1. The second kappa shape index (κ2) is 8.71. The molecule has 1 aliphatic rings. The Morgan fingerprint density at radius 3 is 2.58 bits per heavy atom. The van der Waals surface area contributed by atoms with Crippen LogP contribution in [0.25, 0.3) is 0 Å². The van der Waals surface area contributed by atoms with Crippen LogP contribution in [0.4, 0.5) is 17.6 Å². The van der Waals surface area contributed by atoms with Gasteiger partial charge < -0.3 is 15.6 Å². The van der Waals surface area contributed by atoms with Crippen molar-refractivity contribution in [2.24, 2.45) is 5.73 Å². The maximum atomic E-state index is 15.1. The second-order valence-electron chi connectivity index (χ2n) is 6.72. The van der Waals surface area contributed by atoms with Crippen LogP contribution in [0.15, 0.2) is 72.2 Å². The summed E-state index contributed by atoms with van der Waals surface area (Å²) in [6.45, 7) is -1.05. The first-order valence-electron chi connectivity index (χ1n) is 9.09. The van der Waals surface area contributed by atoms with Gasteiger partial charge in [0, 0.05) is 30.2 Å². The van der Waals surface area contributed by atoms with E-state index in [2.05, 4.69) is 4.98 Å². The zero-order valence-electron chi connectivity index (χ0n) is 16.0. The summed E-state index contributed by atoms with van der Waals surface area (Å²) in [6, 6.07) is 5.99. The molecule has 1 aliphatic carbocycles. The number of nitrogens with zero attached hydrogens (tertiary/aromatic N) is 2. The number of benzene rings is 1. The number of allylic oxidation sites excluding steroid dienone is 5. The predicted octanol–water partition coefficient (Wildman–Crippen LogP) is 3.97. The van der Waals surface area contributed by atoms with Gasteiger partial charge in [0.2, 0.25) is 0 Å². The Hall–Kier alpha value is -3.48. The second-order valence-corrected chi connectivity index (χ2v) is 6.72. The zero-order chi connectivity index (χ0) is 22.6. The Labute approximate surface area is 175 Å². The van der Waals surface area contributed by atoms with Crippen molar-refractivity contribution in [1.82, 2.24) is 4.98 Å². The normalized spacial score (nSPS) is 15.9. The van der Waals surface area contributed by atoms with Crippen LogP contribution < -0.4 is 10.5 Å². The summed E-state index contributed by atoms with van der Waals surface area (Å²) in [5.74, 6) is -5.97. The maximum Gasteiger partial charge on any atom is 0.323 e. The first-order chi connectivity index (χ1) is 14.7. The van der Waals surface area contributed by atoms with Gasteiger partial charge >= 0.3 is 5.92 Å². The molecule has 0 saturated carbocycles. The van der Waals surface area contributed by atoms with E-state index < -0.39 is 41.0 Å². The molecule has 160 valence electrons. The standard InChI is InChI=1S/C22H17F4N3O2/c23-15-5-8-18(19(24)10-15)21(30,13-28)22(25,26)20-9-7-17(12-29-20)31-16-3-1-2-14(11-27)4-6-16/h1,3-10,12,30H,2,13,28H2. The molecule has 0 amide bonds. The largest absolute Gasteiger partial charge is 0.456 e. The van der Waals surface area contributed by atoms with E-state index in [1.807, 2.05) is 6.07 Å². The van der Waals surface area contributed by atoms with Crippen molar-refractivity contribution >= 4 is 0 Å². The van der Waals surface area contributed by atoms with E-state index in [-0.39, 0.29) is 5.75 Å². The molecule has 0 spiro atoms. The Bertz CT molecular complexity index is 1100. The van der Waals surface area contributed by atoms with Crippen molar-refractivity contribution in [3.63, 3.8) is 0 Å². The number of rotatable bonds is 6. The molecule has 1 heterocycles. The number of aliphatic hydroxyl groups is 1. The lowest BCUT2D eigenvalue weighted by atomic mass is 9.85. The predicted molar refractivity (Wildman–Crippen MR) is 104 cm³/mol. The highest BCUT2D eigenvalue weighted by Crippen LogP contribution is 2.45. The van der Waals surface area contributed by atoms with E-state index in [9.17, 15) is 13.9 Å². The first kappa shape index (κ1) is 22.2. The first-order valence-corrected chi connectivity index (χ1v) is 9.09. The van der Waals surface area contributed by atoms with Crippen LogP contribution in [0.1, 0.15) is 17.7 Å². The lowest BCUT2D eigenvalue weighted by molar-refractivity contribution is -0.193. The van der Waals surface area contributed by atoms with Gasteiger partial charge in [-0.25, -0.2) is 8.78 Å². The van der Waals surface area contributed by atoms with Crippen molar-refractivity contribution in [2.75, 3.05) is 6.54 Å². The summed E-state index contributed by atoms with van der Waals surface area (Å²) in [5.41, 5.74) is 1.01. The number of hydrogen-bond acceptors (Lipinski definition) is 5. The maximum absolute atomic E-state index is 15.1. The lowest BCUT2D eigenvalue weighted by Crippen LogP contribution is -2.50. The smallest absolute Gasteiger partial charge is 0.323 e. The highest BCUT2D eigenvalue weighted by atomic mass is 19.3. The van der Waals surface area contributed by atoms with Crippen molar-refractivity contribution in [2.45, 2.75) is 17.9 Å². The van der Waals surface area contributed by atoms with E-state index in [1.54, 1.807) is 24.3 Å². The highest BCUT2D eigenvalue weighted by molar-refractivity contribution is 5.37. The molecule has 9 heteroatoms. The average Bonchev–Trinajstić information content (AvgIpc) is 2.98. The summed E-state index contributed by atoms with van der Waals surface area (Å²) < 4.78 is 63.1. The summed E-state index contributed by atoms with van der Waals surface area (Å²) in [6.07, 6.45) is 7.89. The van der Waals surface area contributed by atoms with E-state index in [0.29, 0.717) is 23.8 Å². The number of pyridine rings is 1. The topological polar surface area (TPSA) is 92.2 Å². The van der Waals surface area contributed by atoms with Gasteiger partial charge in [-0.2, -0.15) is 14.0 Å².